The summed E-state index contributed by atoms with van der Waals surface area (Å²) in [4.78, 5) is -0.0701. The van der Waals surface area contributed by atoms with Gasteiger partial charge in [0.1, 0.15) is 4.83 Å². The van der Waals surface area contributed by atoms with Gasteiger partial charge in [-0.3, -0.25) is 0 Å². The van der Waals surface area contributed by atoms with E-state index in [2.05, 4.69) is 41.1 Å². The Hall–Kier alpha value is -0.810. The number of alkyl halides is 1. The van der Waals surface area contributed by atoms with Crippen molar-refractivity contribution in [2.45, 2.75) is 18.2 Å². The van der Waals surface area contributed by atoms with Crippen LogP contribution in [0.2, 0.25) is 0 Å². The quantitative estimate of drug-likeness (QED) is 0.708. The number of halogens is 1. The van der Waals surface area contributed by atoms with Crippen LogP contribution in [0.25, 0.3) is 0 Å². The molecule has 0 fully saturated rings. The first-order valence-corrected chi connectivity index (χ1v) is 4.73. The third kappa shape index (κ3) is 2.67. The van der Waals surface area contributed by atoms with E-state index in [0.29, 0.717) is 0 Å². The first-order chi connectivity index (χ1) is 5.72. The molecule has 0 spiro atoms. The van der Waals surface area contributed by atoms with E-state index >= 15 is 0 Å². The Morgan fingerprint density at radius 3 is 2.92 bits per heavy atom. The van der Waals surface area contributed by atoms with Crippen LogP contribution in [-0.2, 0) is 6.42 Å². The number of benzene rings is 1. The first-order valence-electron chi connectivity index (χ1n) is 3.81. The van der Waals surface area contributed by atoms with E-state index in [9.17, 15) is 0 Å². The molecule has 0 aromatic heterocycles. The zero-order chi connectivity index (χ0) is 8.97. The van der Waals surface area contributed by atoms with Crippen molar-refractivity contribution in [2.75, 3.05) is 0 Å². The fourth-order valence-corrected chi connectivity index (χ4v) is 1.47. The van der Waals surface area contributed by atoms with Crippen LogP contribution in [0.4, 0.5) is 0 Å². The van der Waals surface area contributed by atoms with Crippen LogP contribution in [0, 0.1) is 18.3 Å². The molecule has 0 aliphatic carbocycles. The number of aryl methyl sites for hydroxylation is 1. The molecule has 0 amide bonds. The topological polar surface area (TPSA) is 23.8 Å². The molecule has 1 aromatic rings. The van der Waals surface area contributed by atoms with E-state index in [-0.39, 0.29) is 4.83 Å². The van der Waals surface area contributed by atoms with Crippen molar-refractivity contribution in [3.63, 3.8) is 0 Å². The summed E-state index contributed by atoms with van der Waals surface area (Å²) < 4.78 is 0. The Bertz CT molecular complexity index is 301. The first kappa shape index (κ1) is 9.28. The summed E-state index contributed by atoms with van der Waals surface area (Å²) in [5, 5.41) is 8.57. The average Bonchev–Trinajstić information content (AvgIpc) is 2.04. The van der Waals surface area contributed by atoms with Crippen LogP contribution >= 0.6 is 15.9 Å². The lowest BCUT2D eigenvalue weighted by atomic mass is 10.1. The van der Waals surface area contributed by atoms with Crippen LogP contribution in [0.3, 0.4) is 0 Å². The minimum Gasteiger partial charge on any atom is -0.197 e. The highest BCUT2D eigenvalue weighted by Crippen LogP contribution is 2.10. The molecule has 12 heavy (non-hydrogen) atoms. The van der Waals surface area contributed by atoms with Crippen molar-refractivity contribution < 1.29 is 0 Å². The third-order valence-corrected chi connectivity index (χ3v) is 2.17. The van der Waals surface area contributed by atoms with Crippen LogP contribution in [0.15, 0.2) is 24.3 Å². The second kappa shape index (κ2) is 4.27. The summed E-state index contributed by atoms with van der Waals surface area (Å²) in [5.41, 5.74) is 2.45. The lowest BCUT2D eigenvalue weighted by Gasteiger charge is -2.01. The molecule has 1 atom stereocenters. The van der Waals surface area contributed by atoms with E-state index in [1.54, 1.807) is 0 Å². The molecule has 2 heteroatoms. The Morgan fingerprint density at radius 2 is 2.33 bits per heavy atom. The maximum Gasteiger partial charge on any atom is 0.105 e. The summed E-state index contributed by atoms with van der Waals surface area (Å²) in [7, 11) is 0. The highest BCUT2D eigenvalue weighted by molar-refractivity contribution is 9.09. The highest BCUT2D eigenvalue weighted by Gasteiger charge is 2.02. The molecular weight excluding hydrogens is 214 g/mol. The van der Waals surface area contributed by atoms with Crippen molar-refractivity contribution in [2.24, 2.45) is 0 Å². The van der Waals surface area contributed by atoms with E-state index in [4.69, 9.17) is 5.26 Å². The van der Waals surface area contributed by atoms with Gasteiger partial charge in [0.25, 0.3) is 0 Å². The molecule has 1 unspecified atom stereocenters. The molecule has 0 aliphatic heterocycles. The molecule has 0 heterocycles. The van der Waals surface area contributed by atoms with Gasteiger partial charge in [-0.05, 0) is 18.9 Å². The van der Waals surface area contributed by atoms with Gasteiger partial charge in [0.2, 0.25) is 0 Å². The lowest BCUT2D eigenvalue weighted by Crippen LogP contribution is -1.98. The number of nitriles is 1. The monoisotopic (exact) mass is 223 g/mol. The minimum atomic E-state index is -0.0701. The Balaban J connectivity index is 2.71. The summed E-state index contributed by atoms with van der Waals surface area (Å²) in [6, 6.07) is 10.4. The SMILES string of the molecule is Cc1cccc(CC(Br)C#N)c1. The van der Waals surface area contributed by atoms with Crippen LogP contribution in [-0.4, -0.2) is 4.83 Å². The maximum absolute atomic E-state index is 8.57. The molecule has 0 aliphatic rings. The van der Waals surface area contributed by atoms with E-state index in [1.165, 1.54) is 11.1 Å². The molecule has 0 saturated heterocycles. The number of hydrogen-bond donors (Lipinski definition) is 0. The molecule has 1 nitrogen and oxygen atoms in total. The van der Waals surface area contributed by atoms with Gasteiger partial charge in [-0.1, -0.05) is 45.8 Å². The van der Waals surface area contributed by atoms with Gasteiger partial charge >= 0.3 is 0 Å². The van der Waals surface area contributed by atoms with Crippen LogP contribution in [0.5, 0.6) is 0 Å². The second-order valence-corrected chi connectivity index (χ2v) is 3.90. The largest absolute Gasteiger partial charge is 0.197 e. The van der Waals surface area contributed by atoms with Gasteiger partial charge in [-0.2, -0.15) is 5.26 Å². The second-order valence-electron chi connectivity index (χ2n) is 2.79. The normalized spacial score (nSPS) is 12.1. The van der Waals surface area contributed by atoms with Crippen LogP contribution < -0.4 is 0 Å². The molecular formula is C10H10BrN. The fourth-order valence-electron chi connectivity index (χ4n) is 1.09. The number of hydrogen-bond acceptors (Lipinski definition) is 1. The summed E-state index contributed by atoms with van der Waals surface area (Å²) in [5.74, 6) is 0. The Labute approximate surface area is 81.2 Å². The van der Waals surface area contributed by atoms with Crippen molar-refractivity contribution in [1.29, 1.82) is 5.26 Å². The standard InChI is InChI=1S/C10H10BrN/c1-8-3-2-4-9(5-8)6-10(11)7-12/h2-5,10H,6H2,1H3. The molecule has 0 saturated carbocycles. The summed E-state index contributed by atoms with van der Waals surface area (Å²) >= 11 is 3.28. The minimum absolute atomic E-state index is 0.0701. The van der Waals surface area contributed by atoms with Crippen LogP contribution in [0.1, 0.15) is 11.1 Å². The number of rotatable bonds is 2. The van der Waals surface area contributed by atoms with E-state index in [1.807, 2.05) is 12.1 Å². The van der Waals surface area contributed by atoms with Gasteiger partial charge in [0, 0.05) is 0 Å². The Morgan fingerprint density at radius 1 is 1.58 bits per heavy atom. The van der Waals surface area contributed by atoms with Crippen molar-refractivity contribution in [3.05, 3.63) is 35.4 Å². The van der Waals surface area contributed by atoms with E-state index < -0.39 is 0 Å². The molecule has 0 bridgehead atoms. The molecule has 0 radical (unpaired) electrons. The van der Waals surface area contributed by atoms with Gasteiger partial charge in [-0.15, -0.1) is 0 Å². The van der Waals surface area contributed by atoms with Gasteiger partial charge in [0.15, 0.2) is 0 Å². The van der Waals surface area contributed by atoms with Gasteiger partial charge in [-0.25, -0.2) is 0 Å². The maximum atomic E-state index is 8.57. The third-order valence-electron chi connectivity index (χ3n) is 1.64. The lowest BCUT2D eigenvalue weighted by molar-refractivity contribution is 1.04. The molecule has 1 rings (SSSR count). The smallest absolute Gasteiger partial charge is 0.105 e. The number of nitrogens with zero attached hydrogens (tertiary/aromatic N) is 1. The molecule has 62 valence electrons. The molecule has 0 N–H and O–H groups in total. The fraction of sp³-hybridized carbons (Fsp3) is 0.300. The van der Waals surface area contributed by atoms with Gasteiger partial charge in [0.05, 0.1) is 6.07 Å². The summed E-state index contributed by atoms with van der Waals surface area (Å²) in [6.45, 7) is 2.05. The zero-order valence-electron chi connectivity index (χ0n) is 6.92. The van der Waals surface area contributed by atoms with Gasteiger partial charge < -0.3 is 0 Å². The summed E-state index contributed by atoms with van der Waals surface area (Å²) in [6.07, 6.45) is 0.776. The highest BCUT2D eigenvalue weighted by atomic mass is 79.9. The van der Waals surface area contributed by atoms with Crippen molar-refractivity contribution in [1.82, 2.24) is 0 Å². The predicted octanol–water partition coefficient (Wildman–Crippen LogP) is 2.82. The predicted molar refractivity (Wildman–Crippen MR) is 53.2 cm³/mol. The average molecular weight is 224 g/mol. The zero-order valence-corrected chi connectivity index (χ0v) is 8.51. The van der Waals surface area contributed by atoms with Crippen molar-refractivity contribution >= 4 is 15.9 Å². The van der Waals surface area contributed by atoms with Crippen molar-refractivity contribution in [3.8, 4) is 6.07 Å². The molecule has 1 aromatic carbocycles. The van der Waals surface area contributed by atoms with E-state index in [0.717, 1.165) is 6.42 Å². The Kier molecular flexibility index (Phi) is 3.31.